The molecule has 0 saturated heterocycles. The summed E-state index contributed by atoms with van der Waals surface area (Å²) >= 11 is 5.04. The number of nitrogens with two attached hydrogens (primary N) is 1. The molecule has 0 bridgehead atoms. The van der Waals surface area contributed by atoms with E-state index in [2.05, 4.69) is 58.8 Å². The average molecular weight is 512 g/mol. The molecule has 2 aromatic rings. The highest BCUT2D eigenvalue weighted by Crippen LogP contribution is 2.43. The molecule has 2 N–H and O–H groups in total. The quantitative estimate of drug-likeness (QED) is 0.395. The fourth-order valence-electron chi connectivity index (χ4n) is 4.05. The van der Waals surface area contributed by atoms with Gasteiger partial charge in [-0.05, 0) is 83.7 Å². The number of ether oxygens (including phenoxy) is 2. The number of anilines is 1. The number of fused-ring (bicyclic) bond motifs is 2. The van der Waals surface area contributed by atoms with Gasteiger partial charge in [-0.2, -0.15) is 0 Å². The monoisotopic (exact) mass is 511 g/mol. The summed E-state index contributed by atoms with van der Waals surface area (Å²) in [7, 11) is 0. The smallest absolute Gasteiger partial charge is 0.231 e. The van der Waals surface area contributed by atoms with E-state index in [4.69, 9.17) is 20.2 Å². The standard InChI is InChI=1S/C23H22BrN5O2S/c1-12-6-13(2)15(14(3)7-12)4-5-29-10-26-21(25)20-22(29)28-23(27-20)32-19-9-18-17(8-16(19)24)30-11-31-18/h6-10H,4-5,11,25H2,1-3H3. The Morgan fingerprint density at radius 1 is 1.06 bits per heavy atom. The van der Waals surface area contributed by atoms with Gasteiger partial charge in [-0.15, -0.1) is 0 Å². The first kappa shape index (κ1) is 21.1. The SMILES string of the molecule is Cc1cc(C)c(CCn2cnc(N)c3nc(Sc4cc5c(cc4Br)OCO5)nc2-3)c(C)c1. The molecular formula is C23H22BrN5O2S. The number of rotatable bonds is 5. The first-order valence-electron chi connectivity index (χ1n) is 10.2. The molecule has 3 aliphatic heterocycles. The number of halogens is 1. The number of nitrogens with zero attached hydrogens (tertiary/aromatic N) is 4. The lowest BCUT2D eigenvalue weighted by Crippen LogP contribution is -2.11. The Morgan fingerprint density at radius 3 is 2.53 bits per heavy atom. The van der Waals surface area contributed by atoms with Crippen LogP contribution in [0.25, 0.3) is 11.5 Å². The third-order valence-corrected chi connectivity index (χ3v) is 7.38. The van der Waals surface area contributed by atoms with E-state index >= 15 is 0 Å². The summed E-state index contributed by atoms with van der Waals surface area (Å²) in [5.74, 6) is 2.55. The number of aromatic nitrogens is 4. The molecule has 9 heteroatoms. The fourth-order valence-corrected chi connectivity index (χ4v) is 5.41. The number of aryl methyl sites for hydroxylation is 4. The predicted octanol–water partition coefficient (Wildman–Crippen LogP) is 5.17. The van der Waals surface area contributed by atoms with Crippen molar-refractivity contribution in [1.82, 2.24) is 19.5 Å². The summed E-state index contributed by atoms with van der Waals surface area (Å²) < 4.78 is 13.8. The Bertz CT molecular complexity index is 1280. The van der Waals surface area contributed by atoms with Crippen molar-refractivity contribution >= 4 is 33.5 Å². The Morgan fingerprint density at radius 2 is 1.78 bits per heavy atom. The molecular weight excluding hydrogens is 490 g/mol. The second kappa shape index (κ2) is 8.29. The topological polar surface area (TPSA) is 88.1 Å². The van der Waals surface area contributed by atoms with Crippen molar-refractivity contribution in [3.63, 3.8) is 0 Å². The third-order valence-electron chi connectivity index (χ3n) is 5.54. The Kier molecular flexibility index (Phi) is 5.46. The molecule has 3 aliphatic rings. The molecule has 0 atom stereocenters. The van der Waals surface area contributed by atoms with Crippen molar-refractivity contribution in [2.75, 3.05) is 12.5 Å². The molecule has 7 nitrogen and oxygen atoms in total. The summed E-state index contributed by atoms with van der Waals surface area (Å²) in [5, 5.41) is 0.607. The summed E-state index contributed by atoms with van der Waals surface area (Å²) in [5.41, 5.74) is 12.0. The van der Waals surface area contributed by atoms with E-state index in [1.165, 1.54) is 34.0 Å². The summed E-state index contributed by atoms with van der Waals surface area (Å²) in [6, 6.07) is 8.28. The minimum atomic E-state index is 0.231. The summed E-state index contributed by atoms with van der Waals surface area (Å²) in [4.78, 5) is 14.7. The van der Waals surface area contributed by atoms with Crippen LogP contribution in [0.3, 0.4) is 0 Å². The van der Waals surface area contributed by atoms with E-state index < -0.39 is 0 Å². The van der Waals surface area contributed by atoms with Gasteiger partial charge in [0.1, 0.15) is 0 Å². The van der Waals surface area contributed by atoms with Crippen molar-refractivity contribution < 1.29 is 9.47 Å². The van der Waals surface area contributed by atoms with Gasteiger partial charge in [-0.1, -0.05) is 17.7 Å². The lowest BCUT2D eigenvalue weighted by molar-refractivity contribution is 0.174. The normalized spacial score (nSPS) is 12.6. The highest BCUT2D eigenvalue weighted by Gasteiger charge is 2.22. The van der Waals surface area contributed by atoms with Gasteiger partial charge < -0.3 is 19.8 Å². The first-order valence-corrected chi connectivity index (χ1v) is 11.8. The van der Waals surface area contributed by atoms with Gasteiger partial charge in [-0.3, -0.25) is 0 Å². The highest BCUT2D eigenvalue weighted by atomic mass is 79.9. The molecule has 2 aromatic carbocycles. The van der Waals surface area contributed by atoms with Crippen molar-refractivity contribution in [2.24, 2.45) is 0 Å². The Hall–Kier alpha value is -2.78. The zero-order valence-electron chi connectivity index (χ0n) is 18.0. The number of benzene rings is 2. The zero-order valence-corrected chi connectivity index (χ0v) is 20.4. The fraction of sp³-hybridized carbons (Fsp3) is 0.261. The first-order chi connectivity index (χ1) is 15.4. The molecule has 0 unspecified atom stereocenters. The van der Waals surface area contributed by atoms with Gasteiger partial charge >= 0.3 is 0 Å². The van der Waals surface area contributed by atoms with E-state index in [0.29, 0.717) is 22.4 Å². The van der Waals surface area contributed by atoms with Crippen LogP contribution in [0.1, 0.15) is 22.3 Å². The van der Waals surface area contributed by atoms with E-state index in [1.807, 2.05) is 16.7 Å². The molecule has 0 fully saturated rings. The lowest BCUT2D eigenvalue weighted by Gasteiger charge is -2.14. The molecule has 0 aromatic heterocycles. The Labute approximate surface area is 198 Å². The van der Waals surface area contributed by atoms with E-state index in [9.17, 15) is 0 Å². The Balaban J connectivity index is 1.44. The van der Waals surface area contributed by atoms with E-state index in [1.54, 1.807) is 6.33 Å². The van der Waals surface area contributed by atoms with Crippen LogP contribution in [0, 0.1) is 20.8 Å². The van der Waals surface area contributed by atoms with Crippen LogP contribution in [-0.4, -0.2) is 26.3 Å². The van der Waals surface area contributed by atoms with Gasteiger partial charge in [0.25, 0.3) is 0 Å². The molecule has 164 valence electrons. The van der Waals surface area contributed by atoms with E-state index in [-0.39, 0.29) is 6.79 Å². The maximum absolute atomic E-state index is 6.13. The van der Waals surface area contributed by atoms with Crippen LogP contribution in [0.2, 0.25) is 0 Å². The maximum atomic E-state index is 6.13. The summed E-state index contributed by atoms with van der Waals surface area (Å²) in [6.07, 6.45) is 2.63. The summed E-state index contributed by atoms with van der Waals surface area (Å²) in [6.45, 7) is 7.43. The van der Waals surface area contributed by atoms with Crippen LogP contribution in [0.4, 0.5) is 5.82 Å². The third kappa shape index (κ3) is 3.91. The maximum Gasteiger partial charge on any atom is 0.231 e. The molecule has 0 radical (unpaired) electrons. The minimum absolute atomic E-state index is 0.231. The minimum Gasteiger partial charge on any atom is -0.454 e. The molecule has 0 aliphatic carbocycles. The van der Waals surface area contributed by atoms with E-state index in [0.717, 1.165) is 33.9 Å². The predicted molar refractivity (Wildman–Crippen MR) is 128 cm³/mol. The molecule has 3 heterocycles. The number of hydrogen-bond donors (Lipinski definition) is 1. The van der Waals surface area contributed by atoms with Gasteiger partial charge in [0.2, 0.25) is 6.79 Å². The van der Waals surface area contributed by atoms with Gasteiger partial charge in [0.15, 0.2) is 34.0 Å². The molecule has 32 heavy (non-hydrogen) atoms. The highest BCUT2D eigenvalue weighted by molar-refractivity contribution is 9.10. The molecule has 0 saturated carbocycles. The van der Waals surface area contributed by atoms with Crippen LogP contribution in [0.15, 0.2) is 45.1 Å². The molecule has 5 rings (SSSR count). The number of imidazole rings is 1. The second-order valence-corrected chi connectivity index (χ2v) is 9.73. The number of nitrogen functional groups attached to an aromatic ring is 1. The van der Waals surface area contributed by atoms with Crippen LogP contribution < -0.4 is 15.2 Å². The van der Waals surface area contributed by atoms with Crippen LogP contribution in [0.5, 0.6) is 11.5 Å². The largest absolute Gasteiger partial charge is 0.454 e. The van der Waals surface area contributed by atoms with Crippen molar-refractivity contribution in [3.05, 3.63) is 57.3 Å². The van der Waals surface area contributed by atoms with Crippen LogP contribution >= 0.6 is 27.7 Å². The molecule has 0 spiro atoms. The zero-order chi connectivity index (χ0) is 22.4. The van der Waals surface area contributed by atoms with Gasteiger partial charge in [0.05, 0.1) is 6.33 Å². The lowest BCUT2D eigenvalue weighted by atomic mass is 9.97. The number of hydrogen-bond acceptors (Lipinski definition) is 7. The van der Waals surface area contributed by atoms with Crippen molar-refractivity contribution in [1.29, 1.82) is 0 Å². The van der Waals surface area contributed by atoms with Gasteiger partial charge in [-0.25, -0.2) is 15.0 Å². The molecule has 0 amide bonds. The average Bonchev–Trinajstić information content (AvgIpc) is 3.36. The van der Waals surface area contributed by atoms with Crippen molar-refractivity contribution in [3.8, 4) is 23.0 Å². The van der Waals surface area contributed by atoms with Crippen LogP contribution in [-0.2, 0) is 13.0 Å². The second-order valence-electron chi connectivity index (χ2n) is 7.87. The van der Waals surface area contributed by atoms with Crippen molar-refractivity contribution in [2.45, 2.75) is 43.8 Å². The van der Waals surface area contributed by atoms with Gasteiger partial charge in [0, 0.05) is 15.9 Å².